The first kappa shape index (κ1) is 17.2. The molecule has 3 unspecified atom stereocenters. The molecule has 5 heteroatoms. The summed E-state index contributed by atoms with van der Waals surface area (Å²) in [6, 6.07) is 0. The highest BCUT2D eigenvalue weighted by Gasteiger charge is 2.30. The molecule has 0 aromatic rings. The minimum Gasteiger partial charge on any atom is -0.373 e. The zero-order valence-electron chi connectivity index (χ0n) is 14.8. The van der Waals surface area contributed by atoms with Crippen molar-refractivity contribution in [3.05, 3.63) is 0 Å². The van der Waals surface area contributed by atoms with E-state index in [2.05, 4.69) is 29.0 Å². The lowest BCUT2D eigenvalue weighted by Gasteiger charge is -2.37. The third kappa shape index (κ3) is 4.68. The lowest BCUT2D eigenvalue weighted by Crippen LogP contribution is -2.46. The molecule has 0 bridgehead atoms. The summed E-state index contributed by atoms with van der Waals surface area (Å²) in [7, 11) is 0. The van der Waals surface area contributed by atoms with Gasteiger partial charge in [-0.25, -0.2) is 0 Å². The third-order valence-electron chi connectivity index (χ3n) is 5.68. The first-order chi connectivity index (χ1) is 11.1. The summed E-state index contributed by atoms with van der Waals surface area (Å²) in [4.78, 5) is 17.1. The Labute approximate surface area is 140 Å². The van der Waals surface area contributed by atoms with Gasteiger partial charge in [-0.2, -0.15) is 0 Å². The van der Waals surface area contributed by atoms with Gasteiger partial charge in [0, 0.05) is 32.7 Å². The summed E-state index contributed by atoms with van der Waals surface area (Å²) in [5, 5.41) is 3.30. The highest BCUT2D eigenvalue weighted by Crippen LogP contribution is 2.24. The van der Waals surface area contributed by atoms with Gasteiger partial charge in [-0.15, -0.1) is 0 Å². The van der Waals surface area contributed by atoms with Gasteiger partial charge >= 0.3 is 0 Å². The van der Waals surface area contributed by atoms with Gasteiger partial charge in [0.05, 0.1) is 18.1 Å². The Balaban J connectivity index is 1.36. The summed E-state index contributed by atoms with van der Waals surface area (Å²) in [6.07, 6.45) is 5.37. The molecule has 3 saturated heterocycles. The monoisotopic (exact) mass is 323 g/mol. The van der Waals surface area contributed by atoms with E-state index in [1.807, 2.05) is 0 Å². The van der Waals surface area contributed by atoms with Crippen molar-refractivity contribution in [1.82, 2.24) is 15.1 Å². The number of carbonyl (C=O) groups excluding carboxylic acids is 1. The van der Waals surface area contributed by atoms with Crippen molar-refractivity contribution in [2.45, 2.75) is 51.7 Å². The molecule has 132 valence electrons. The lowest BCUT2D eigenvalue weighted by molar-refractivity contribution is -0.136. The van der Waals surface area contributed by atoms with E-state index in [-0.39, 0.29) is 5.92 Å². The maximum atomic E-state index is 12.4. The molecule has 3 aliphatic heterocycles. The van der Waals surface area contributed by atoms with Gasteiger partial charge in [-0.3, -0.25) is 9.69 Å². The van der Waals surface area contributed by atoms with E-state index in [1.54, 1.807) is 0 Å². The molecule has 3 rings (SSSR count). The van der Waals surface area contributed by atoms with Crippen LogP contribution in [0.5, 0.6) is 0 Å². The number of hydrogen-bond donors (Lipinski definition) is 1. The van der Waals surface area contributed by atoms with Crippen molar-refractivity contribution in [3.8, 4) is 0 Å². The summed E-state index contributed by atoms with van der Waals surface area (Å²) < 4.78 is 5.81. The summed E-state index contributed by atoms with van der Waals surface area (Å²) in [5.41, 5.74) is 0. The van der Waals surface area contributed by atoms with Crippen LogP contribution < -0.4 is 5.32 Å². The van der Waals surface area contributed by atoms with Crippen LogP contribution in [-0.4, -0.2) is 73.7 Å². The molecule has 1 N–H and O–H groups in total. The second kappa shape index (κ2) is 7.95. The molecule has 0 aromatic heterocycles. The van der Waals surface area contributed by atoms with E-state index in [0.29, 0.717) is 18.1 Å². The zero-order valence-corrected chi connectivity index (χ0v) is 14.8. The topological polar surface area (TPSA) is 44.8 Å². The summed E-state index contributed by atoms with van der Waals surface area (Å²) in [5.74, 6) is 1.42. The molecule has 0 radical (unpaired) electrons. The number of piperidine rings is 1. The van der Waals surface area contributed by atoms with E-state index in [4.69, 9.17) is 4.74 Å². The summed E-state index contributed by atoms with van der Waals surface area (Å²) in [6.45, 7) is 11.5. The smallest absolute Gasteiger partial charge is 0.227 e. The molecular weight excluding hydrogens is 290 g/mol. The van der Waals surface area contributed by atoms with Gasteiger partial charge in [-0.1, -0.05) is 0 Å². The van der Waals surface area contributed by atoms with Crippen LogP contribution in [0.2, 0.25) is 0 Å². The number of carbonyl (C=O) groups is 1. The van der Waals surface area contributed by atoms with Crippen molar-refractivity contribution < 1.29 is 9.53 Å². The van der Waals surface area contributed by atoms with E-state index in [0.717, 1.165) is 51.6 Å². The van der Waals surface area contributed by atoms with Crippen molar-refractivity contribution in [2.75, 3.05) is 45.8 Å². The van der Waals surface area contributed by atoms with Crippen LogP contribution in [0, 0.1) is 11.8 Å². The Bertz CT molecular complexity index is 380. The molecule has 23 heavy (non-hydrogen) atoms. The normalized spacial score (nSPS) is 34.0. The van der Waals surface area contributed by atoms with Crippen molar-refractivity contribution in [1.29, 1.82) is 0 Å². The van der Waals surface area contributed by atoms with Crippen molar-refractivity contribution >= 4 is 5.91 Å². The third-order valence-corrected chi connectivity index (χ3v) is 5.68. The van der Waals surface area contributed by atoms with Crippen LogP contribution in [0.3, 0.4) is 0 Å². The molecule has 3 heterocycles. The minimum absolute atomic E-state index is 0.239. The largest absolute Gasteiger partial charge is 0.373 e. The molecule has 5 nitrogen and oxygen atoms in total. The maximum Gasteiger partial charge on any atom is 0.227 e. The average molecular weight is 323 g/mol. The van der Waals surface area contributed by atoms with Crippen LogP contribution in [0.4, 0.5) is 0 Å². The first-order valence-corrected chi connectivity index (χ1v) is 9.49. The second-order valence-electron chi connectivity index (χ2n) is 7.76. The van der Waals surface area contributed by atoms with Gasteiger partial charge < -0.3 is 15.0 Å². The number of amides is 1. The number of hydrogen-bond acceptors (Lipinski definition) is 4. The number of morpholine rings is 1. The van der Waals surface area contributed by atoms with Crippen LogP contribution in [0.25, 0.3) is 0 Å². The Morgan fingerprint density at radius 3 is 2.43 bits per heavy atom. The maximum absolute atomic E-state index is 12.4. The fourth-order valence-corrected chi connectivity index (χ4v) is 4.40. The van der Waals surface area contributed by atoms with Crippen LogP contribution >= 0.6 is 0 Å². The molecule has 1 amide bonds. The predicted octanol–water partition coefficient (Wildman–Crippen LogP) is 1.33. The summed E-state index contributed by atoms with van der Waals surface area (Å²) >= 11 is 0. The van der Waals surface area contributed by atoms with Gasteiger partial charge in [0.15, 0.2) is 0 Å². The Morgan fingerprint density at radius 2 is 1.83 bits per heavy atom. The van der Waals surface area contributed by atoms with Gasteiger partial charge in [0.2, 0.25) is 5.91 Å². The predicted molar refractivity (Wildman–Crippen MR) is 91.3 cm³/mol. The fraction of sp³-hybridized carbons (Fsp3) is 0.944. The number of rotatable bonds is 4. The fourth-order valence-electron chi connectivity index (χ4n) is 4.40. The molecule has 0 aliphatic carbocycles. The number of nitrogens with one attached hydrogen (secondary N) is 1. The van der Waals surface area contributed by atoms with Crippen molar-refractivity contribution in [3.63, 3.8) is 0 Å². The SMILES string of the molecule is CC1CN(CCC2CCN(C(=O)C3CCNC3)CC2)CC(C)O1. The minimum atomic E-state index is 0.239. The molecule has 0 aromatic carbocycles. The van der Waals surface area contributed by atoms with E-state index >= 15 is 0 Å². The lowest BCUT2D eigenvalue weighted by atomic mass is 9.92. The molecule has 3 aliphatic rings. The molecule has 0 saturated carbocycles. The Hall–Kier alpha value is -0.650. The number of nitrogens with zero attached hydrogens (tertiary/aromatic N) is 2. The molecule has 3 atom stereocenters. The second-order valence-corrected chi connectivity index (χ2v) is 7.76. The highest BCUT2D eigenvalue weighted by atomic mass is 16.5. The van der Waals surface area contributed by atoms with Gasteiger partial charge in [0.25, 0.3) is 0 Å². The quantitative estimate of drug-likeness (QED) is 0.848. The van der Waals surface area contributed by atoms with Crippen LogP contribution in [-0.2, 0) is 9.53 Å². The number of likely N-dealkylation sites (tertiary alicyclic amines) is 1. The first-order valence-electron chi connectivity index (χ1n) is 9.49. The van der Waals surface area contributed by atoms with E-state index in [9.17, 15) is 4.79 Å². The van der Waals surface area contributed by atoms with Crippen molar-refractivity contribution in [2.24, 2.45) is 11.8 Å². The Kier molecular flexibility index (Phi) is 5.94. The van der Waals surface area contributed by atoms with Gasteiger partial charge in [-0.05, 0) is 58.5 Å². The number of ether oxygens (including phenoxy) is 1. The standard InChI is InChI=1S/C18H33N3O2/c1-14-12-20(13-15(2)23-14)8-4-16-5-9-21(10-6-16)18(22)17-3-7-19-11-17/h14-17,19H,3-13H2,1-2H3. The van der Waals surface area contributed by atoms with Crippen LogP contribution in [0.1, 0.15) is 39.5 Å². The van der Waals surface area contributed by atoms with Gasteiger partial charge in [0.1, 0.15) is 0 Å². The Morgan fingerprint density at radius 1 is 1.13 bits per heavy atom. The van der Waals surface area contributed by atoms with E-state index < -0.39 is 0 Å². The molecule has 0 spiro atoms. The molecule has 3 fully saturated rings. The van der Waals surface area contributed by atoms with E-state index in [1.165, 1.54) is 25.8 Å². The van der Waals surface area contributed by atoms with Crippen LogP contribution in [0.15, 0.2) is 0 Å². The zero-order chi connectivity index (χ0) is 16.2. The average Bonchev–Trinajstić information content (AvgIpc) is 3.06. The highest BCUT2D eigenvalue weighted by molar-refractivity contribution is 5.79. The molecular formula is C18H33N3O2.